The van der Waals surface area contributed by atoms with Crippen molar-refractivity contribution >= 4 is 0 Å². The fourth-order valence-electron chi connectivity index (χ4n) is 3.68. The molecule has 1 spiro atoms. The first kappa shape index (κ1) is 13.0. The van der Waals surface area contributed by atoms with Gasteiger partial charge < -0.3 is 9.84 Å². The molecule has 1 fully saturated rings. The summed E-state index contributed by atoms with van der Waals surface area (Å²) in [5, 5.41) is 10.4. The molecule has 0 amide bonds. The largest absolute Gasteiger partial charge is 0.487 e. The molecule has 1 aliphatic heterocycles. The Hall–Kier alpha value is -1.02. The van der Waals surface area contributed by atoms with Crippen LogP contribution in [0, 0.1) is 12.8 Å². The molecule has 1 aromatic rings. The van der Waals surface area contributed by atoms with Gasteiger partial charge in [-0.25, -0.2) is 0 Å². The van der Waals surface area contributed by atoms with Gasteiger partial charge in [0.25, 0.3) is 0 Å². The van der Waals surface area contributed by atoms with Crippen molar-refractivity contribution < 1.29 is 9.84 Å². The number of fused-ring (bicyclic) bond motifs is 1. The first-order chi connectivity index (χ1) is 9.12. The van der Waals surface area contributed by atoms with Gasteiger partial charge in [-0.3, -0.25) is 0 Å². The van der Waals surface area contributed by atoms with Gasteiger partial charge in [0.1, 0.15) is 11.4 Å². The lowest BCUT2D eigenvalue weighted by Gasteiger charge is -2.45. The predicted molar refractivity (Wildman–Crippen MR) is 76.4 cm³/mol. The molecule has 1 heterocycles. The van der Waals surface area contributed by atoms with E-state index in [0.717, 1.165) is 36.5 Å². The van der Waals surface area contributed by atoms with Crippen molar-refractivity contribution in [1.29, 1.82) is 0 Å². The van der Waals surface area contributed by atoms with Crippen molar-refractivity contribution in [2.45, 2.75) is 64.1 Å². The third-order valence-corrected chi connectivity index (χ3v) is 5.01. The summed E-state index contributed by atoms with van der Waals surface area (Å²) in [7, 11) is 0. The molecule has 1 aliphatic carbocycles. The summed E-state index contributed by atoms with van der Waals surface area (Å²) < 4.78 is 6.32. The number of ether oxygens (including phenoxy) is 1. The third-order valence-electron chi connectivity index (χ3n) is 5.01. The molecule has 2 aliphatic rings. The van der Waals surface area contributed by atoms with Gasteiger partial charge in [-0.15, -0.1) is 0 Å². The summed E-state index contributed by atoms with van der Waals surface area (Å²) in [4.78, 5) is 0. The van der Waals surface area contributed by atoms with E-state index in [1.165, 1.54) is 24.8 Å². The number of hydrogen-bond acceptors (Lipinski definition) is 2. The Morgan fingerprint density at radius 1 is 1.32 bits per heavy atom. The van der Waals surface area contributed by atoms with Crippen LogP contribution in [0.5, 0.6) is 5.75 Å². The second kappa shape index (κ2) is 4.82. The molecule has 3 rings (SSSR count). The lowest BCUT2D eigenvalue weighted by atomic mass is 9.73. The molecule has 0 bridgehead atoms. The second-order valence-electron chi connectivity index (χ2n) is 6.40. The van der Waals surface area contributed by atoms with Gasteiger partial charge >= 0.3 is 0 Å². The summed E-state index contributed by atoms with van der Waals surface area (Å²) in [6.07, 6.45) is 6.34. The molecule has 1 atom stereocenters. The minimum absolute atomic E-state index is 0.104. The van der Waals surface area contributed by atoms with Gasteiger partial charge in [0.05, 0.1) is 6.10 Å². The highest BCUT2D eigenvalue weighted by molar-refractivity contribution is 5.41. The van der Waals surface area contributed by atoms with Gasteiger partial charge in [-0.1, -0.05) is 25.0 Å². The fraction of sp³-hybridized carbons (Fsp3) is 0.647. The highest BCUT2D eigenvalue weighted by atomic mass is 16.5. The van der Waals surface area contributed by atoms with E-state index in [1.807, 2.05) is 6.07 Å². The first-order valence-corrected chi connectivity index (χ1v) is 7.59. The summed E-state index contributed by atoms with van der Waals surface area (Å²) >= 11 is 0. The highest BCUT2D eigenvalue weighted by Gasteiger charge is 2.42. The van der Waals surface area contributed by atoms with E-state index in [2.05, 4.69) is 26.0 Å². The number of rotatable bonds is 1. The monoisotopic (exact) mass is 260 g/mol. The van der Waals surface area contributed by atoms with E-state index in [9.17, 15) is 5.11 Å². The van der Waals surface area contributed by atoms with Gasteiger partial charge in [0.15, 0.2) is 0 Å². The van der Waals surface area contributed by atoms with Crippen molar-refractivity contribution in [2.75, 3.05) is 0 Å². The Balaban J connectivity index is 1.83. The molecule has 0 saturated heterocycles. The van der Waals surface area contributed by atoms with Crippen molar-refractivity contribution in [3.63, 3.8) is 0 Å². The minimum atomic E-state index is -0.359. The van der Waals surface area contributed by atoms with Crippen LogP contribution in [0.4, 0.5) is 0 Å². The Morgan fingerprint density at radius 3 is 2.74 bits per heavy atom. The van der Waals surface area contributed by atoms with Gasteiger partial charge in [0.2, 0.25) is 0 Å². The molecule has 104 valence electrons. The van der Waals surface area contributed by atoms with Crippen LogP contribution in [0.2, 0.25) is 0 Å². The van der Waals surface area contributed by atoms with E-state index in [-0.39, 0.29) is 11.7 Å². The molecule has 2 heteroatoms. The van der Waals surface area contributed by atoms with E-state index in [4.69, 9.17) is 4.74 Å². The topological polar surface area (TPSA) is 29.5 Å². The Morgan fingerprint density at radius 2 is 2.05 bits per heavy atom. The van der Waals surface area contributed by atoms with Crippen LogP contribution in [0.3, 0.4) is 0 Å². The zero-order chi connectivity index (χ0) is 13.5. The molecular weight excluding hydrogens is 236 g/mol. The number of benzene rings is 1. The number of aryl methyl sites for hydroxylation is 1. The second-order valence-corrected chi connectivity index (χ2v) is 6.40. The zero-order valence-corrected chi connectivity index (χ0v) is 12.0. The third kappa shape index (κ3) is 2.38. The van der Waals surface area contributed by atoms with E-state index < -0.39 is 0 Å². The maximum absolute atomic E-state index is 10.4. The highest BCUT2D eigenvalue weighted by Crippen LogP contribution is 2.47. The van der Waals surface area contributed by atoms with Crippen molar-refractivity contribution in [3.05, 3.63) is 29.3 Å². The normalized spacial score (nSPS) is 33.8. The first-order valence-electron chi connectivity index (χ1n) is 7.59. The van der Waals surface area contributed by atoms with E-state index >= 15 is 0 Å². The standard InChI is InChI=1S/C17H24O2/c1-3-13-6-8-17(9-7-13)11-15(18)14-10-12(2)4-5-16(14)19-17/h4-5,10,13,15,18H,3,6-9,11H2,1-2H3/t13?,15-,17?/m1/s1. The minimum Gasteiger partial charge on any atom is -0.487 e. The maximum Gasteiger partial charge on any atom is 0.125 e. The van der Waals surface area contributed by atoms with E-state index in [0.29, 0.717) is 0 Å². The number of aliphatic hydroxyl groups excluding tert-OH is 1. The molecule has 0 aromatic heterocycles. The van der Waals surface area contributed by atoms with Crippen LogP contribution in [0.15, 0.2) is 18.2 Å². The summed E-state index contributed by atoms with van der Waals surface area (Å²) in [6, 6.07) is 6.16. The number of aliphatic hydroxyl groups is 1. The average Bonchev–Trinajstić information content (AvgIpc) is 2.41. The summed E-state index contributed by atoms with van der Waals surface area (Å²) in [6.45, 7) is 4.33. The Labute approximate surface area is 115 Å². The van der Waals surface area contributed by atoms with Crippen LogP contribution in [0.1, 0.15) is 62.7 Å². The van der Waals surface area contributed by atoms with Crippen molar-refractivity contribution in [3.8, 4) is 5.75 Å². The van der Waals surface area contributed by atoms with Gasteiger partial charge in [0, 0.05) is 12.0 Å². The Bertz CT molecular complexity index is 458. The average molecular weight is 260 g/mol. The van der Waals surface area contributed by atoms with Crippen molar-refractivity contribution in [1.82, 2.24) is 0 Å². The van der Waals surface area contributed by atoms with Crippen LogP contribution >= 0.6 is 0 Å². The zero-order valence-electron chi connectivity index (χ0n) is 12.0. The van der Waals surface area contributed by atoms with Crippen LogP contribution in [-0.2, 0) is 0 Å². The fourth-order valence-corrected chi connectivity index (χ4v) is 3.68. The van der Waals surface area contributed by atoms with E-state index in [1.54, 1.807) is 0 Å². The predicted octanol–water partition coefficient (Wildman–Crippen LogP) is 4.15. The molecule has 1 saturated carbocycles. The Kier molecular flexibility index (Phi) is 3.30. The summed E-state index contributed by atoms with van der Waals surface area (Å²) in [5.41, 5.74) is 2.06. The van der Waals surface area contributed by atoms with Gasteiger partial charge in [-0.05, 0) is 50.7 Å². The van der Waals surface area contributed by atoms with Crippen molar-refractivity contribution in [2.24, 2.45) is 5.92 Å². The SMILES string of the molecule is CCC1CCC2(CC1)C[C@@H](O)c1cc(C)ccc1O2. The quantitative estimate of drug-likeness (QED) is 0.822. The molecule has 2 nitrogen and oxygen atoms in total. The molecule has 19 heavy (non-hydrogen) atoms. The van der Waals surface area contributed by atoms with Crippen LogP contribution in [0.25, 0.3) is 0 Å². The lowest BCUT2D eigenvalue weighted by molar-refractivity contribution is -0.0470. The molecule has 1 N–H and O–H groups in total. The lowest BCUT2D eigenvalue weighted by Crippen LogP contribution is -2.44. The number of hydrogen-bond donors (Lipinski definition) is 1. The van der Waals surface area contributed by atoms with Gasteiger partial charge in [-0.2, -0.15) is 0 Å². The van der Waals surface area contributed by atoms with Crippen LogP contribution < -0.4 is 4.74 Å². The molecule has 0 unspecified atom stereocenters. The smallest absolute Gasteiger partial charge is 0.125 e. The summed E-state index contributed by atoms with van der Waals surface area (Å²) in [5.74, 6) is 1.75. The molecular formula is C17H24O2. The van der Waals surface area contributed by atoms with Crippen LogP contribution in [-0.4, -0.2) is 10.7 Å². The molecule has 0 radical (unpaired) electrons. The maximum atomic E-state index is 10.4. The molecule has 1 aromatic carbocycles.